The van der Waals surface area contributed by atoms with Gasteiger partial charge < -0.3 is 5.32 Å². The molecule has 1 heterocycles. The number of amides is 1. The summed E-state index contributed by atoms with van der Waals surface area (Å²) in [5.74, 6) is -0.322. The van der Waals surface area contributed by atoms with E-state index in [-0.39, 0.29) is 23.5 Å². The van der Waals surface area contributed by atoms with E-state index >= 15 is 0 Å². The highest BCUT2D eigenvalue weighted by Crippen LogP contribution is 2.16. The minimum absolute atomic E-state index is 0.111. The van der Waals surface area contributed by atoms with Crippen molar-refractivity contribution in [2.24, 2.45) is 0 Å². The molecular weight excluding hydrogens is 348 g/mol. The second-order valence-corrected chi connectivity index (χ2v) is 6.16. The Kier molecular flexibility index (Phi) is 5.25. The molecule has 3 rings (SSSR count). The highest BCUT2D eigenvalue weighted by atomic mass is 16.6. The molecule has 1 N–H and O–H groups in total. The minimum Gasteiger partial charge on any atom is -0.354 e. The van der Waals surface area contributed by atoms with Crippen molar-refractivity contribution in [1.82, 2.24) is 14.9 Å². The van der Waals surface area contributed by atoms with E-state index in [1.54, 1.807) is 0 Å². The molecule has 27 heavy (non-hydrogen) atoms. The van der Waals surface area contributed by atoms with Crippen molar-refractivity contribution in [3.63, 3.8) is 0 Å². The van der Waals surface area contributed by atoms with Crippen LogP contribution in [0.25, 0.3) is 10.9 Å². The third kappa shape index (κ3) is 4.17. The van der Waals surface area contributed by atoms with Gasteiger partial charge in [0.25, 0.3) is 11.2 Å². The zero-order valence-corrected chi connectivity index (χ0v) is 14.7. The summed E-state index contributed by atoms with van der Waals surface area (Å²) in [6.07, 6.45) is 1.97. The predicted octanol–water partition coefficient (Wildman–Crippen LogP) is 1.97. The largest absolute Gasteiger partial charge is 0.354 e. The number of benzene rings is 2. The summed E-state index contributed by atoms with van der Waals surface area (Å²) in [6, 6.07) is 11.8. The number of carbonyl (C=O) groups excluding carboxylic acids is 1. The summed E-state index contributed by atoms with van der Waals surface area (Å²) in [7, 11) is 0. The number of non-ortho nitro benzene ring substituents is 1. The lowest BCUT2D eigenvalue weighted by Gasteiger charge is -2.09. The number of rotatable bonds is 6. The first kappa shape index (κ1) is 18.2. The molecule has 138 valence electrons. The molecule has 0 radical (unpaired) electrons. The van der Waals surface area contributed by atoms with Crippen LogP contribution in [0.3, 0.4) is 0 Å². The number of aryl methyl sites for hydroxylation is 1. The topological polar surface area (TPSA) is 107 Å². The lowest BCUT2D eigenvalue weighted by Crippen LogP contribution is -2.33. The molecule has 8 nitrogen and oxygen atoms in total. The van der Waals surface area contributed by atoms with Gasteiger partial charge in [0.2, 0.25) is 5.91 Å². The van der Waals surface area contributed by atoms with Gasteiger partial charge in [0.1, 0.15) is 6.54 Å². The Morgan fingerprint density at radius 2 is 2.04 bits per heavy atom. The molecule has 0 bridgehead atoms. The summed E-state index contributed by atoms with van der Waals surface area (Å²) in [5.41, 5.74) is 1.97. The van der Waals surface area contributed by atoms with Crippen LogP contribution >= 0.6 is 0 Å². The van der Waals surface area contributed by atoms with Gasteiger partial charge in [-0.1, -0.05) is 24.3 Å². The Balaban J connectivity index is 1.69. The van der Waals surface area contributed by atoms with E-state index in [0.29, 0.717) is 18.5 Å². The van der Waals surface area contributed by atoms with E-state index in [1.807, 2.05) is 31.2 Å². The number of fused-ring (bicyclic) bond motifs is 1. The van der Waals surface area contributed by atoms with Crippen LogP contribution in [0.2, 0.25) is 0 Å². The Labute approximate surface area is 154 Å². The Morgan fingerprint density at radius 1 is 1.26 bits per heavy atom. The SMILES string of the molecule is Cc1ccccc1CCNC(=O)Cn1cnc2ccc([N+](=O)[O-])cc2c1=O. The van der Waals surface area contributed by atoms with Crippen LogP contribution in [0, 0.1) is 17.0 Å². The first-order valence-electron chi connectivity index (χ1n) is 8.40. The molecule has 0 spiro atoms. The Bertz CT molecular complexity index is 1070. The molecule has 0 aliphatic carbocycles. The maximum absolute atomic E-state index is 12.5. The maximum atomic E-state index is 12.5. The van der Waals surface area contributed by atoms with Gasteiger partial charge in [-0.05, 0) is 30.5 Å². The number of nitrogens with one attached hydrogen (secondary N) is 1. The molecule has 3 aromatic rings. The normalized spacial score (nSPS) is 10.7. The van der Waals surface area contributed by atoms with Crippen LogP contribution in [-0.4, -0.2) is 26.9 Å². The van der Waals surface area contributed by atoms with E-state index in [2.05, 4.69) is 10.3 Å². The van der Waals surface area contributed by atoms with Gasteiger partial charge in [-0.3, -0.25) is 24.3 Å². The van der Waals surface area contributed by atoms with Gasteiger partial charge in [-0.2, -0.15) is 0 Å². The first-order valence-corrected chi connectivity index (χ1v) is 8.40. The molecule has 1 aromatic heterocycles. The van der Waals surface area contributed by atoms with Crippen LogP contribution in [0.5, 0.6) is 0 Å². The van der Waals surface area contributed by atoms with Crippen LogP contribution in [-0.2, 0) is 17.8 Å². The van der Waals surface area contributed by atoms with Crippen molar-refractivity contribution in [2.45, 2.75) is 19.9 Å². The van der Waals surface area contributed by atoms with Crippen molar-refractivity contribution < 1.29 is 9.72 Å². The molecule has 8 heteroatoms. The van der Waals surface area contributed by atoms with Crippen LogP contribution < -0.4 is 10.9 Å². The van der Waals surface area contributed by atoms with E-state index < -0.39 is 10.5 Å². The standard InChI is InChI=1S/C19H18N4O4/c1-13-4-2-3-5-14(13)8-9-20-18(24)11-22-12-21-17-7-6-15(23(26)27)10-16(17)19(22)25/h2-7,10,12H,8-9,11H2,1H3,(H,20,24). The summed E-state index contributed by atoms with van der Waals surface area (Å²) in [5, 5.41) is 13.8. The number of hydrogen-bond donors (Lipinski definition) is 1. The lowest BCUT2D eigenvalue weighted by atomic mass is 10.1. The monoisotopic (exact) mass is 366 g/mol. The third-order valence-corrected chi connectivity index (χ3v) is 4.31. The summed E-state index contributed by atoms with van der Waals surface area (Å²) in [6.45, 7) is 2.26. The van der Waals surface area contributed by atoms with Crippen molar-refractivity contribution >= 4 is 22.5 Å². The van der Waals surface area contributed by atoms with Gasteiger partial charge in [-0.15, -0.1) is 0 Å². The maximum Gasteiger partial charge on any atom is 0.270 e. The summed E-state index contributed by atoms with van der Waals surface area (Å²) >= 11 is 0. The minimum atomic E-state index is -0.575. The fourth-order valence-electron chi connectivity index (χ4n) is 2.81. The highest BCUT2D eigenvalue weighted by Gasteiger charge is 2.12. The lowest BCUT2D eigenvalue weighted by molar-refractivity contribution is -0.384. The first-order chi connectivity index (χ1) is 13.0. The van der Waals surface area contributed by atoms with Crippen molar-refractivity contribution in [3.8, 4) is 0 Å². The zero-order valence-electron chi connectivity index (χ0n) is 14.7. The molecule has 0 aliphatic heterocycles. The van der Waals surface area contributed by atoms with Gasteiger partial charge in [-0.25, -0.2) is 4.98 Å². The zero-order chi connectivity index (χ0) is 19.4. The quantitative estimate of drug-likeness (QED) is 0.530. The molecule has 1 amide bonds. The molecule has 0 unspecified atom stereocenters. The molecule has 0 saturated heterocycles. The predicted molar refractivity (Wildman–Crippen MR) is 101 cm³/mol. The van der Waals surface area contributed by atoms with Crippen LogP contribution in [0.1, 0.15) is 11.1 Å². The van der Waals surface area contributed by atoms with E-state index in [4.69, 9.17) is 0 Å². The Hall–Kier alpha value is -3.55. The van der Waals surface area contributed by atoms with E-state index in [9.17, 15) is 19.7 Å². The number of nitrogens with zero attached hydrogens (tertiary/aromatic N) is 3. The molecule has 0 aliphatic rings. The molecule has 0 fully saturated rings. The van der Waals surface area contributed by atoms with Crippen LogP contribution in [0.4, 0.5) is 5.69 Å². The molecule has 0 saturated carbocycles. The third-order valence-electron chi connectivity index (χ3n) is 4.31. The van der Waals surface area contributed by atoms with Gasteiger partial charge >= 0.3 is 0 Å². The molecule has 2 aromatic carbocycles. The number of carbonyl (C=O) groups is 1. The molecular formula is C19H18N4O4. The van der Waals surface area contributed by atoms with E-state index in [0.717, 1.165) is 15.7 Å². The Morgan fingerprint density at radius 3 is 2.78 bits per heavy atom. The van der Waals surface area contributed by atoms with Crippen LogP contribution in [0.15, 0.2) is 53.6 Å². The van der Waals surface area contributed by atoms with Crippen molar-refractivity contribution in [2.75, 3.05) is 6.54 Å². The van der Waals surface area contributed by atoms with Crippen molar-refractivity contribution in [3.05, 3.63) is 80.4 Å². The molecule has 0 atom stereocenters. The number of hydrogen-bond acceptors (Lipinski definition) is 5. The van der Waals surface area contributed by atoms with Gasteiger partial charge in [0.15, 0.2) is 0 Å². The number of nitro groups is 1. The fourth-order valence-corrected chi connectivity index (χ4v) is 2.81. The fraction of sp³-hybridized carbons (Fsp3) is 0.211. The number of aromatic nitrogens is 2. The average Bonchev–Trinajstić information content (AvgIpc) is 2.65. The number of nitro benzene ring substituents is 1. The summed E-state index contributed by atoms with van der Waals surface area (Å²) < 4.78 is 1.15. The van der Waals surface area contributed by atoms with Gasteiger partial charge in [0, 0.05) is 18.7 Å². The summed E-state index contributed by atoms with van der Waals surface area (Å²) in [4.78, 5) is 39.1. The van der Waals surface area contributed by atoms with Crippen molar-refractivity contribution in [1.29, 1.82) is 0 Å². The average molecular weight is 366 g/mol. The second kappa shape index (κ2) is 7.77. The van der Waals surface area contributed by atoms with E-state index in [1.165, 1.54) is 24.5 Å². The second-order valence-electron chi connectivity index (χ2n) is 6.16. The smallest absolute Gasteiger partial charge is 0.270 e. The highest BCUT2D eigenvalue weighted by molar-refractivity contribution is 5.80. The van der Waals surface area contributed by atoms with Gasteiger partial charge in [0.05, 0.1) is 22.2 Å².